The van der Waals surface area contributed by atoms with Crippen LogP contribution in [0.25, 0.3) is 11.1 Å². The number of hydrogen-bond donors (Lipinski definition) is 1. The lowest BCUT2D eigenvalue weighted by Gasteiger charge is -2.56. The van der Waals surface area contributed by atoms with Crippen molar-refractivity contribution in [2.45, 2.75) is 30.8 Å². The molecule has 202 valence electrons. The number of methoxy groups -OCH3 is 2. The van der Waals surface area contributed by atoms with E-state index in [4.69, 9.17) is 9.47 Å². The quantitative estimate of drug-likeness (QED) is 0.236. The topological polar surface area (TPSA) is 102 Å². The fourth-order valence-corrected chi connectivity index (χ4v) is 6.32. The Morgan fingerprint density at radius 2 is 1.59 bits per heavy atom. The van der Waals surface area contributed by atoms with Crippen molar-refractivity contribution in [3.63, 3.8) is 0 Å². The first-order chi connectivity index (χ1) is 18.6. The Balaban J connectivity index is 0.000000508. The summed E-state index contributed by atoms with van der Waals surface area (Å²) in [6.45, 7) is 2.67. The van der Waals surface area contributed by atoms with Crippen molar-refractivity contribution < 1.29 is 28.7 Å². The van der Waals surface area contributed by atoms with Crippen LogP contribution in [0.3, 0.4) is 0 Å². The highest BCUT2D eigenvalue weighted by Gasteiger charge is 2.66. The van der Waals surface area contributed by atoms with Crippen LogP contribution in [0, 0.1) is 0 Å². The van der Waals surface area contributed by atoms with E-state index in [9.17, 15) is 19.2 Å². The molecule has 1 heterocycles. The Labute approximate surface area is 239 Å². The zero-order valence-electron chi connectivity index (χ0n) is 21.8. The number of likely N-dealkylation sites (tertiary alicyclic amines) is 1. The molecular weight excluding hydrogens is 584 g/mol. The number of carbonyl (C=O) groups excluding carboxylic acids is 4. The monoisotopic (exact) mass is 610 g/mol. The van der Waals surface area contributed by atoms with Crippen LogP contribution in [0.5, 0.6) is 5.75 Å². The second-order valence-electron chi connectivity index (χ2n) is 8.91. The highest BCUT2D eigenvalue weighted by molar-refractivity contribution is 9.10. The maximum atomic E-state index is 13.8. The van der Waals surface area contributed by atoms with Gasteiger partial charge in [-0.1, -0.05) is 72.4 Å². The lowest BCUT2D eigenvalue weighted by atomic mass is 9.82. The van der Waals surface area contributed by atoms with E-state index in [-0.39, 0.29) is 5.12 Å². The van der Waals surface area contributed by atoms with E-state index in [0.717, 1.165) is 11.8 Å². The zero-order chi connectivity index (χ0) is 28.3. The summed E-state index contributed by atoms with van der Waals surface area (Å²) in [7, 11) is 2.73. The van der Waals surface area contributed by atoms with Crippen LogP contribution in [0.1, 0.15) is 31.0 Å². The molecule has 0 saturated carbocycles. The van der Waals surface area contributed by atoms with Crippen molar-refractivity contribution in [3.05, 3.63) is 88.4 Å². The van der Waals surface area contributed by atoms with Crippen LogP contribution in [0.2, 0.25) is 0 Å². The second kappa shape index (κ2) is 11.6. The van der Waals surface area contributed by atoms with Gasteiger partial charge in [-0.05, 0) is 50.3 Å². The van der Waals surface area contributed by atoms with Gasteiger partial charge in [-0.15, -0.1) is 0 Å². The van der Waals surface area contributed by atoms with E-state index >= 15 is 0 Å². The first-order valence-electron chi connectivity index (χ1n) is 12.0. The van der Waals surface area contributed by atoms with Gasteiger partial charge >= 0.3 is 5.97 Å². The van der Waals surface area contributed by atoms with Gasteiger partial charge in [0.25, 0.3) is 5.91 Å². The number of rotatable bonds is 7. The summed E-state index contributed by atoms with van der Waals surface area (Å²) in [4.78, 5) is 52.4. The summed E-state index contributed by atoms with van der Waals surface area (Å²) in [5.74, 6) is -1.05. The lowest BCUT2D eigenvalue weighted by molar-refractivity contribution is -0.172. The van der Waals surface area contributed by atoms with Crippen LogP contribution >= 0.6 is 27.7 Å². The van der Waals surface area contributed by atoms with Crippen molar-refractivity contribution in [3.8, 4) is 16.9 Å². The van der Waals surface area contributed by atoms with Crippen molar-refractivity contribution in [2.24, 2.45) is 0 Å². The molecule has 2 aliphatic carbocycles. The number of fused-ring (bicyclic) bond motifs is 1. The molecule has 1 aliphatic heterocycles. The third-order valence-corrected chi connectivity index (χ3v) is 8.34. The van der Waals surface area contributed by atoms with Gasteiger partial charge in [0.2, 0.25) is 5.91 Å². The number of β-lactam (4-membered cyclic amide) rings is 1. The molecule has 8 nitrogen and oxygen atoms in total. The Kier molecular flexibility index (Phi) is 8.46. The van der Waals surface area contributed by atoms with E-state index in [1.54, 1.807) is 48.5 Å². The summed E-state index contributed by atoms with van der Waals surface area (Å²) >= 11 is 4.22. The number of carbonyl (C=O) groups is 4. The standard InChI is InChI=1S/C23H23BrN2O6S.C6H4/c1-13(27)25-21-23(33-14(2)28,16-8-6-5-7-9-16)22(30)26(21)19(20(29)32-4)15-10-11-18(31-3)17(24)12-15;1-2-6-4-3-5(1)6/h5-12,19,21H,1-4H3,(H,25,27);1-4H. The van der Waals surface area contributed by atoms with Gasteiger partial charge in [0.1, 0.15) is 11.9 Å². The van der Waals surface area contributed by atoms with Crippen LogP contribution in [-0.4, -0.2) is 48.2 Å². The van der Waals surface area contributed by atoms with E-state index in [1.165, 1.54) is 44.1 Å². The maximum absolute atomic E-state index is 13.8. The van der Waals surface area contributed by atoms with Gasteiger partial charge in [0.05, 0.1) is 18.7 Å². The summed E-state index contributed by atoms with van der Waals surface area (Å²) in [6.07, 6.45) is -0.983. The predicted octanol–water partition coefficient (Wildman–Crippen LogP) is 4.82. The molecule has 3 aliphatic rings. The summed E-state index contributed by atoms with van der Waals surface area (Å²) in [6, 6.07) is 21.0. The van der Waals surface area contributed by atoms with Gasteiger partial charge in [0, 0.05) is 13.8 Å². The SMILES string of the molecule is COC(=O)C(c1ccc(OC)c(Br)c1)N1C(=O)C(SC(C)=O)(c2ccccc2)C1NC(C)=O.c1cc2ccc1-2. The Hall–Kier alpha value is -3.63. The molecule has 2 aromatic carbocycles. The average Bonchev–Trinajstić information content (AvgIpc) is 2.91. The van der Waals surface area contributed by atoms with Crippen LogP contribution in [-0.2, 0) is 28.7 Å². The van der Waals surface area contributed by atoms with Gasteiger partial charge in [-0.25, -0.2) is 4.79 Å². The molecule has 1 fully saturated rings. The third-order valence-electron chi connectivity index (χ3n) is 6.48. The Bertz CT molecular complexity index is 1390. The molecule has 10 heteroatoms. The predicted molar refractivity (Wildman–Crippen MR) is 152 cm³/mol. The van der Waals surface area contributed by atoms with Gasteiger partial charge in [-0.2, -0.15) is 0 Å². The molecule has 3 unspecified atom stereocenters. The van der Waals surface area contributed by atoms with Crippen molar-refractivity contribution in [1.29, 1.82) is 0 Å². The van der Waals surface area contributed by atoms with Crippen LogP contribution < -0.4 is 10.1 Å². The highest BCUT2D eigenvalue weighted by Crippen LogP contribution is 2.53. The molecule has 0 aromatic heterocycles. The fourth-order valence-electron chi connectivity index (χ4n) is 4.58. The number of amides is 2. The van der Waals surface area contributed by atoms with Gasteiger partial charge in [-0.3, -0.25) is 14.4 Å². The minimum atomic E-state index is -1.42. The van der Waals surface area contributed by atoms with E-state index in [0.29, 0.717) is 21.3 Å². The third kappa shape index (κ3) is 5.31. The highest BCUT2D eigenvalue weighted by atomic mass is 79.9. The van der Waals surface area contributed by atoms with Crippen molar-refractivity contribution in [1.82, 2.24) is 10.2 Å². The number of nitrogens with one attached hydrogen (secondary N) is 1. The maximum Gasteiger partial charge on any atom is 0.333 e. The van der Waals surface area contributed by atoms with E-state index in [1.807, 2.05) is 0 Å². The zero-order valence-corrected chi connectivity index (χ0v) is 24.2. The molecule has 0 spiro atoms. The molecule has 0 radical (unpaired) electrons. The first-order valence-corrected chi connectivity index (χ1v) is 13.6. The first kappa shape index (κ1) is 28.4. The lowest BCUT2D eigenvalue weighted by Crippen LogP contribution is -2.76. The summed E-state index contributed by atoms with van der Waals surface area (Å²) < 4.78 is 9.42. The largest absolute Gasteiger partial charge is 0.496 e. The molecular formula is C29H27BrN2O6S. The Morgan fingerprint density at radius 1 is 0.974 bits per heavy atom. The molecule has 39 heavy (non-hydrogen) atoms. The molecule has 2 amide bonds. The van der Waals surface area contributed by atoms with Gasteiger partial charge in [0.15, 0.2) is 15.9 Å². The normalized spacial score (nSPS) is 19.1. The Morgan fingerprint density at radius 3 is 2.03 bits per heavy atom. The number of benzene rings is 3. The number of halogens is 1. The minimum Gasteiger partial charge on any atom is -0.496 e. The number of ether oxygens (including phenoxy) is 2. The fraction of sp³-hybridized carbons (Fsp3) is 0.241. The minimum absolute atomic E-state index is 0.302. The molecule has 0 bridgehead atoms. The molecule has 2 aromatic rings. The summed E-state index contributed by atoms with van der Waals surface area (Å²) in [5.41, 5.74) is 3.85. The number of hydrogen-bond acceptors (Lipinski definition) is 7. The van der Waals surface area contributed by atoms with Crippen LogP contribution in [0.4, 0.5) is 0 Å². The molecule has 3 atom stereocenters. The number of esters is 1. The molecule has 5 rings (SSSR count). The van der Waals surface area contributed by atoms with Gasteiger partial charge < -0.3 is 19.7 Å². The molecule has 1 N–H and O–H groups in total. The second-order valence-corrected chi connectivity index (χ2v) is 11.2. The van der Waals surface area contributed by atoms with E-state index < -0.39 is 34.7 Å². The van der Waals surface area contributed by atoms with Crippen LogP contribution in [0.15, 0.2) is 77.3 Å². The van der Waals surface area contributed by atoms with Crippen molar-refractivity contribution in [2.75, 3.05) is 14.2 Å². The number of thioether (sulfide) groups is 1. The van der Waals surface area contributed by atoms with Crippen molar-refractivity contribution >= 4 is 50.6 Å². The smallest absolute Gasteiger partial charge is 0.333 e. The average molecular weight is 612 g/mol. The molecule has 1 saturated heterocycles. The summed E-state index contributed by atoms with van der Waals surface area (Å²) in [5, 5.41) is 2.47. The van der Waals surface area contributed by atoms with E-state index in [2.05, 4.69) is 45.5 Å². The number of nitrogens with zero attached hydrogens (tertiary/aromatic N) is 1.